The average molecular weight is 863 g/mol. The van der Waals surface area contributed by atoms with Gasteiger partial charge in [0.25, 0.3) is 0 Å². The van der Waals surface area contributed by atoms with E-state index in [2.05, 4.69) is 55.8 Å². The first kappa shape index (κ1) is 44.3. The molecule has 2 amide bonds. The minimum Gasteiger partial charge on any atom is -0.492 e. The molecular weight excluding hydrogens is 805 g/mol. The van der Waals surface area contributed by atoms with E-state index in [4.69, 9.17) is 24.7 Å². The van der Waals surface area contributed by atoms with Crippen molar-refractivity contribution < 1.29 is 28.5 Å². The maximum Gasteiger partial charge on any atom is 0.319 e. The summed E-state index contributed by atoms with van der Waals surface area (Å²) in [4.78, 5) is 31.0. The first-order valence-corrected chi connectivity index (χ1v) is 22.4. The minimum atomic E-state index is -0.167. The van der Waals surface area contributed by atoms with Crippen LogP contribution in [0.25, 0.3) is 21.5 Å². The quantitative estimate of drug-likeness (QED) is 0.0595. The van der Waals surface area contributed by atoms with Crippen molar-refractivity contribution in [1.82, 2.24) is 15.1 Å². The summed E-state index contributed by atoms with van der Waals surface area (Å²) in [7, 11) is 0. The molecule has 64 heavy (non-hydrogen) atoms. The highest BCUT2D eigenvalue weighted by Gasteiger charge is 2.39. The Balaban J connectivity index is 0.000000148. The van der Waals surface area contributed by atoms with E-state index >= 15 is 0 Å². The number of morpholine rings is 2. The molecule has 0 radical (unpaired) electrons. The van der Waals surface area contributed by atoms with Crippen molar-refractivity contribution >= 4 is 45.0 Å². The monoisotopic (exact) mass is 862 g/mol. The number of hydrogen-bond donors (Lipinski definition) is 3. The van der Waals surface area contributed by atoms with E-state index < -0.39 is 0 Å². The standard InChI is InChI=1S/C26H29N3O3.C16H20N2O2.C10H9NO/c30-26(28-24-18-22(24)19-6-2-1-3-7-19)27-23-10-11-25(21-9-5-4-8-20(21)23)32-17-14-29-12-15-31-16-13-29;17-15-5-6-16(14-4-2-1-3-13(14)15)20-12-9-18-7-10-19-11-8-18;12-7-11-10-6-9(10)8-4-2-1-3-5-8/h1-11,22,24H,12-18H2,(H2,27,28,30);1-6H,7-12,17H2;1-5,9-10H,6H2/t22-,24+;;9-,10+/m0.0/s1. The lowest BCUT2D eigenvalue weighted by Gasteiger charge is -2.26. The molecule has 2 saturated heterocycles. The Kier molecular flexibility index (Phi) is 15.5. The second kappa shape index (κ2) is 22.4. The molecular formula is C52H58N6O6. The number of fused-ring (bicyclic) bond motifs is 2. The van der Waals surface area contributed by atoms with Gasteiger partial charge in [0, 0.05) is 84.4 Å². The number of benzene rings is 6. The van der Waals surface area contributed by atoms with Gasteiger partial charge in [0.1, 0.15) is 24.7 Å². The molecule has 0 unspecified atom stereocenters. The van der Waals surface area contributed by atoms with Crippen molar-refractivity contribution in [3.8, 4) is 11.5 Å². The predicted molar refractivity (Wildman–Crippen MR) is 253 cm³/mol. The minimum absolute atomic E-state index is 0.167. The summed E-state index contributed by atoms with van der Waals surface area (Å²) in [5, 5.41) is 10.2. The Morgan fingerprint density at radius 2 is 1.12 bits per heavy atom. The van der Waals surface area contributed by atoms with E-state index in [1.54, 1.807) is 6.08 Å². The number of anilines is 2. The fourth-order valence-electron chi connectivity index (χ4n) is 8.35. The summed E-state index contributed by atoms with van der Waals surface area (Å²) in [6, 6.07) is 44.6. The normalized spacial score (nSPS) is 20.3. The molecule has 4 aliphatic rings. The number of nitrogen functional groups attached to an aromatic ring is 1. The van der Waals surface area contributed by atoms with Crippen molar-refractivity contribution in [3.05, 3.63) is 145 Å². The van der Waals surface area contributed by atoms with Crippen LogP contribution in [-0.4, -0.2) is 113 Å². The number of rotatable bonds is 13. The summed E-state index contributed by atoms with van der Waals surface area (Å²) < 4.78 is 22.8. The van der Waals surface area contributed by atoms with Crippen LogP contribution in [-0.2, 0) is 14.3 Å². The molecule has 0 aromatic heterocycles. The molecule has 6 aromatic rings. The molecule has 0 bridgehead atoms. The van der Waals surface area contributed by atoms with Gasteiger partial charge < -0.3 is 35.3 Å². The number of hydrogen-bond acceptors (Lipinski definition) is 10. The number of nitrogens with one attached hydrogen (secondary N) is 2. The lowest BCUT2D eigenvalue weighted by atomic mass is 10.1. The molecule has 4 N–H and O–H groups in total. The summed E-state index contributed by atoms with van der Waals surface area (Å²) >= 11 is 0. The first-order valence-electron chi connectivity index (χ1n) is 22.4. The zero-order chi connectivity index (χ0) is 43.9. The lowest BCUT2D eigenvalue weighted by molar-refractivity contribution is 0.0322. The second-order valence-electron chi connectivity index (χ2n) is 16.5. The molecule has 2 aliphatic carbocycles. The topological polar surface area (TPSA) is 140 Å². The molecule has 332 valence electrons. The fraction of sp³-hybridized carbons (Fsp3) is 0.346. The SMILES string of the molecule is Nc1ccc(OCCN2CCOCC2)c2ccccc12.O=C(Nc1ccc(OCCN2CCOCC2)c2ccccc12)N[C@@H]1C[C@H]1c1ccccc1.O=C=N[C@@H]1C[C@H]1c1ccccc1. The van der Waals surface area contributed by atoms with Gasteiger partial charge in [-0.2, -0.15) is 0 Å². The van der Waals surface area contributed by atoms with Crippen LogP contribution >= 0.6 is 0 Å². The number of nitrogens with two attached hydrogens (primary N) is 1. The number of isocyanates is 1. The molecule has 12 nitrogen and oxygen atoms in total. The lowest BCUT2D eigenvalue weighted by Crippen LogP contribution is -2.38. The molecule has 4 atom stereocenters. The van der Waals surface area contributed by atoms with Gasteiger partial charge in [0.05, 0.1) is 38.2 Å². The Hall–Kier alpha value is -6.27. The Morgan fingerprint density at radius 1 is 0.625 bits per heavy atom. The van der Waals surface area contributed by atoms with Crippen LogP contribution in [0.5, 0.6) is 11.5 Å². The number of amides is 2. The molecule has 0 spiro atoms. The number of nitrogens with zero attached hydrogens (tertiary/aromatic N) is 3. The summed E-state index contributed by atoms with van der Waals surface area (Å²) in [6.45, 7) is 10.2. The molecule has 10 rings (SSSR count). The molecule has 12 heteroatoms. The van der Waals surface area contributed by atoms with Crippen LogP contribution in [0.2, 0.25) is 0 Å². The second-order valence-corrected chi connectivity index (χ2v) is 16.5. The largest absolute Gasteiger partial charge is 0.492 e. The van der Waals surface area contributed by atoms with Crippen LogP contribution in [0.1, 0.15) is 35.8 Å². The zero-order valence-corrected chi connectivity index (χ0v) is 36.3. The molecule has 6 aromatic carbocycles. The van der Waals surface area contributed by atoms with Crippen molar-refractivity contribution in [3.63, 3.8) is 0 Å². The molecule has 2 saturated carbocycles. The Morgan fingerprint density at radius 3 is 1.70 bits per heavy atom. The highest BCUT2D eigenvalue weighted by molar-refractivity contribution is 6.04. The molecule has 4 fully saturated rings. The van der Waals surface area contributed by atoms with Gasteiger partial charge in [0.2, 0.25) is 6.08 Å². The van der Waals surface area contributed by atoms with E-state index in [9.17, 15) is 9.59 Å². The third-order valence-electron chi connectivity index (χ3n) is 12.1. The zero-order valence-electron chi connectivity index (χ0n) is 36.3. The highest BCUT2D eigenvalue weighted by Crippen LogP contribution is 2.43. The van der Waals surface area contributed by atoms with E-state index in [0.717, 1.165) is 123 Å². The summed E-state index contributed by atoms with van der Waals surface area (Å²) in [5.74, 6) is 2.61. The highest BCUT2D eigenvalue weighted by atomic mass is 16.5. The third-order valence-corrected chi connectivity index (χ3v) is 12.1. The number of carbonyl (C=O) groups is 1. The van der Waals surface area contributed by atoms with Gasteiger partial charge in [-0.15, -0.1) is 0 Å². The van der Waals surface area contributed by atoms with Crippen molar-refractivity contribution in [2.45, 2.75) is 36.8 Å². The smallest absolute Gasteiger partial charge is 0.319 e. The van der Waals surface area contributed by atoms with Crippen molar-refractivity contribution in [2.75, 3.05) is 90.0 Å². The van der Waals surface area contributed by atoms with Crippen LogP contribution in [0.4, 0.5) is 16.2 Å². The van der Waals surface area contributed by atoms with Crippen LogP contribution in [0.3, 0.4) is 0 Å². The van der Waals surface area contributed by atoms with Gasteiger partial charge >= 0.3 is 6.03 Å². The Bertz CT molecular complexity index is 2470. The van der Waals surface area contributed by atoms with E-state index in [0.29, 0.717) is 25.0 Å². The van der Waals surface area contributed by atoms with Crippen LogP contribution in [0, 0.1) is 0 Å². The molecule has 2 heterocycles. The number of ether oxygens (including phenoxy) is 4. The first-order chi connectivity index (χ1) is 31.5. The summed E-state index contributed by atoms with van der Waals surface area (Å²) in [6.07, 6.45) is 3.58. The van der Waals surface area contributed by atoms with Gasteiger partial charge in [0.15, 0.2) is 0 Å². The van der Waals surface area contributed by atoms with E-state index in [-0.39, 0.29) is 18.1 Å². The maximum atomic E-state index is 12.6. The van der Waals surface area contributed by atoms with Gasteiger partial charge in [-0.1, -0.05) is 109 Å². The number of aliphatic imine (C=N–C) groups is 1. The predicted octanol–water partition coefficient (Wildman–Crippen LogP) is 8.24. The number of carbonyl (C=O) groups excluding carboxylic acids is 2. The van der Waals surface area contributed by atoms with Crippen LogP contribution < -0.4 is 25.8 Å². The van der Waals surface area contributed by atoms with Crippen molar-refractivity contribution in [2.24, 2.45) is 4.99 Å². The van der Waals surface area contributed by atoms with Gasteiger partial charge in [-0.05, 0) is 48.2 Å². The van der Waals surface area contributed by atoms with Crippen molar-refractivity contribution in [1.29, 1.82) is 0 Å². The Labute approximate surface area is 375 Å². The number of urea groups is 1. The fourth-order valence-corrected chi connectivity index (χ4v) is 8.35. The van der Waals surface area contributed by atoms with Gasteiger partial charge in [-0.3, -0.25) is 9.80 Å². The summed E-state index contributed by atoms with van der Waals surface area (Å²) in [5.41, 5.74) is 10.1. The van der Waals surface area contributed by atoms with Gasteiger partial charge in [-0.25, -0.2) is 14.6 Å². The maximum absolute atomic E-state index is 12.6. The van der Waals surface area contributed by atoms with Crippen LogP contribution in [0.15, 0.2) is 138 Å². The van der Waals surface area contributed by atoms with E-state index in [1.807, 2.05) is 103 Å². The third kappa shape index (κ3) is 12.3. The molecule has 2 aliphatic heterocycles. The van der Waals surface area contributed by atoms with E-state index in [1.165, 1.54) is 11.1 Å². The average Bonchev–Trinajstić information content (AvgIpc) is 4.29.